The summed E-state index contributed by atoms with van der Waals surface area (Å²) in [6, 6.07) is 7.67. The number of benzene rings is 1. The molecule has 0 aliphatic carbocycles. The lowest BCUT2D eigenvalue weighted by molar-refractivity contribution is -0.146. The highest BCUT2D eigenvalue weighted by molar-refractivity contribution is 6.30. The van der Waals surface area contributed by atoms with Gasteiger partial charge in [0.05, 0.1) is 18.6 Å². The summed E-state index contributed by atoms with van der Waals surface area (Å²) in [4.78, 5) is 14.0. The smallest absolute Gasteiger partial charge is 0.308 e. The second-order valence-corrected chi connectivity index (χ2v) is 5.20. The van der Waals surface area contributed by atoms with Crippen LogP contribution in [0.15, 0.2) is 24.3 Å². The van der Waals surface area contributed by atoms with Gasteiger partial charge in [-0.3, -0.25) is 9.69 Å². The molecule has 0 radical (unpaired) electrons. The second-order valence-electron chi connectivity index (χ2n) is 4.77. The van der Waals surface area contributed by atoms with Crippen LogP contribution in [0.4, 0.5) is 0 Å². The van der Waals surface area contributed by atoms with Crippen molar-refractivity contribution in [2.45, 2.75) is 32.2 Å². The van der Waals surface area contributed by atoms with E-state index in [1.54, 1.807) is 0 Å². The summed E-state index contributed by atoms with van der Waals surface area (Å²) in [5.41, 5.74) is 0.731. The van der Waals surface area contributed by atoms with Crippen LogP contribution in [-0.2, 0) is 15.1 Å². The van der Waals surface area contributed by atoms with Gasteiger partial charge in [-0.1, -0.05) is 30.7 Å². The third-order valence-electron chi connectivity index (χ3n) is 3.56. The van der Waals surface area contributed by atoms with Crippen molar-refractivity contribution in [2.75, 3.05) is 20.7 Å². The summed E-state index contributed by atoms with van der Waals surface area (Å²) in [6.07, 6.45) is 1.16. The lowest BCUT2D eigenvalue weighted by Crippen LogP contribution is -2.43. The van der Waals surface area contributed by atoms with E-state index < -0.39 is 0 Å². The Morgan fingerprint density at radius 1 is 1.26 bits per heavy atom. The number of carbonyl (C=O) groups is 1. The molecular formula is C15H22ClNO2. The fourth-order valence-corrected chi connectivity index (χ4v) is 2.50. The first kappa shape index (κ1) is 16.0. The van der Waals surface area contributed by atoms with Gasteiger partial charge in [0, 0.05) is 5.02 Å². The Morgan fingerprint density at radius 2 is 1.84 bits per heavy atom. The minimum Gasteiger partial charge on any atom is -0.466 e. The van der Waals surface area contributed by atoms with Gasteiger partial charge in [0.15, 0.2) is 0 Å². The van der Waals surface area contributed by atoms with E-state index >= 15 is 0 Å². The number of hydrogen-bond donors (Lipinski definition) is 0. The number of ether oxygens (including phenoxy) is 1. The zero-order valence-electron chi connectivity index (χ0n) is 12.1. The molecule has 0 saturated heterocycles. The first-order chi connectivity index (χ1) is 8.96. The molecule has 1 unspecified atom stereocenters. The van der Waals surface area contributed by atoms with Crippen LogP contribution in [0.5, 0.6) is 0 Å². The molecule has 0 amide bonds. The maximum atomic E-state index is 11.9. The van der Waals surface area contributed by atoms with Crippen molar-refractivity contribution >= 4 is 17.6 Å². The standard InChI is InChI=1S/C15H22ClNO2/c1-5-15(17(3)4,11-14(18)19-6-2)12-7-9-13(16)10-8-12/h7-10H,5-6,11H2,1-4H3. The Bertz CT molecular complexity index is 417. The number of nitrogens with zero attached hydrogens (tertiary/aromatic N) is 1. The van der Waals surface area contributed by atoms with E-state index in [1.807, 2.05) is 45.3 Å². The largest absolute Gasteiger partial charge is 0.466 e. The van der Waals surface area contributed by atoms with Gasteiger partial charge in [-0.15, -0.1) is 0 Å². The SMILES string of the molecule is CCOC(=O)CC(CC)(c1ccc(Cl)cc1)N(C)C. The minimum absolute atomic E-state index is 0.173. The average molecular weight is 284 g/mol. The van der Waals surface area contributed by atoms with Gasteiger partial charge in [-0.05, 0) is 45.1 Å². The molecule has 0 aliphatic heterocycles. The minimum atomic E-state index is -0.350. The summed E-state index contributed by atoms with van der Waals surface area (Å²) in [5, 5.41) is 0.698. The lowest BCUT2D eigenvalue weighted by Gasteiger charge is -2.39. The number of carbonyl (C=O) groups excluding carboxylic acids is 1. The molecule has 4 heteroatoms. The van der Waals surface area contributed by atoms with Crippen LogP contribution >= 0.6 is 11.6 Å². The second kappa shape index (κ2) is 6.92. The Hall–Kier alpha value is -1.06. The van der Waals surface area contributed by atoms with Crippen molar-refractivity contribution in [3.63, 3.8) is 0 Å². The van der Waals surface area contributed by atoms with Crippen LogP contribution in [-0.4, -0.2) is 31.6 Å². The summed E-state index contributed by atoms with van der Waals surface area (Å²) in [6.45, 7) is 4.31. The van der Waals surface area contributed by atoms with Gasteiger partial charge in [-0.2, -0.15) is 0 Å². The summed E-state index contributed by atoms with van der Waals surface area (Å²) in [5.74, 6) is -0.173. The molecule has 0 aromatic heterocycles. The molecule has 1 rings (SSSR count). The van der Waals surface area contributed by atoms with E-state index in [0.717, 1.165) is 12.0 Å². The topological polar surface area (TPSA) is 29.5 Å². The van der Waals surface area contributed by atoms with Crippen LogP contribution in [0.25, 0.3) is 0 Å². The Labute approximate surface area is 120 Å². The summed E-state index contributed by atoms with van der Waals surface area (Å²) >= 11 is 5.93. The van der Waals surface area contributed by atoms with Gasteiger partial charge in [0.25, 0.3) is 0 Å². The maximum absolute atomic E-state index is 11.9. The number of esters is 1. The van der Waals surface area contributed by atoms with Crippen LogP contribution in [0, 0.1) is 0 Å². The average Bonchev–Trinajstić information content (AvgIpc) is 2.37. The Morgan fingerprint density at radius 3 is 2.26 bits per heavy atom. The summed E-state index contributed by atoms with van der Waals surface area (Å²) < 4.78 is 5.10. The molecule has 19 heavy (non-hydrogen) atoms. The van der Waals surface area contributed by atoms with E-state index in [9.17, 15) is 4.79 Å². The lowest BCUT2D eigenvalue weighted by atomic mass is 9.83. The fourth-order valence-electron chi connectivity index (χ4n) is 2.37. The molecule has 1 aromatic carbocycles. The fraction of sp³-hybridized carbons (Fsp3) is 0.533. The molecule has 0 spiro atoms. The van der Waals surface area contributed by atoms with Crippen LogP contribution in [0.1, 0.15) is 32.3 Å². The normalized spacial score (nSPS) is 14.2. The molecule has 0 bridgehead atoms. The highest BCUT2D eigenvalue weighted by Crippen LogP contribution is 2.34. The van der Waals surface area contributed by atoms with Crippen molar-refractivity contribution in [3.05, 3.63) is 34.9 Å². The Kier molecular flexibility index (Phi) is 5.83. The molecule has 1 atom stereocenters. The number of hydrogen-bond acceptors (Lipinski definition) is 3. The van der Waals surface area contributed by atoms with Crippen molar-refractivity contribution < 1.29 is 9.53 Å². The molecule has 0 heterocycles. The van der Waals surface area contributed by atoms with Crippen molar-refractivity contribution in [1.29, 1.82) is 0 Å². The Balaban J connectivity index is 3.11. The van der Waals surface area contributed by atoms with Gasteiger partial charge < -0.3 is 4.74 Å². The predicted octanol–water partition coefficient (Wildman–Crippen LogP) is 3.46. The van der Waals surface area contributed by atoms with Crippen LogP contribution < -0.4 is 0 Å². The van der Waals surface area contributed by atoms with Gasteiger partial charge in [0.2, 0.25) is 0 Å². The van der Waals surface area contributed by atoms with E-state index in [0.29, 0.717) is 18.1 Å². The van der Waals surface area contributed by atoms with Crippen molar-refractivity contribution in [2.24, 2.45) is 0 Å². The van der Waals surface area contributed by atoms with Crippen molar-refractivity contribution in [1.82, 2.24) is 4.90 Å². The van der Waals surface area contributed by atoms with E-state index in [1.165, 1.54) is 0 Å². The molecule has 0 aliphatic rings. The van der Waals surface area contributed by atoms with Gasteiger partial charge in [-0.25, -0.2) is 0 Å². The first-order valence-electron chi connectivity index (χ1n) is 6.55. The first-order valence-corrected chi connectivity index (χ1v) is 6.93. The molecule has 0 saturated carbocycles. The zero-order chi connectivity index (χ0) is 14.5. The quantitative estimate of drug-likeness (QED) is 0.749. The highest BCUT2D eigenvalue weighted by atomic mass is 35.5. The molecule has 1 aromatic rings. The molecule has 106 valence electrons. The molecular weight excluding hydrogens is 262 g/mol. The number of rotatable bonds is 6. The number of halogens is 1. The van der Waals surface area contributed by atoms with Crippen LogP contribution in [0.2, 0.25) is 5.02 Å². The highest BCUT2D eigenvalue weighted by Gasteiger charge is 2.35. The van der Waals surface area contributed by atoms with Gasteiger partial charge >= 0.3 is 5.97 Å². The van der Waals surface area contributed by atoms with E-state index in [-0.39, 0.29) is 11.5 Å². The third kappa shape index (κ3) is 3.71. The van der Waals surface area contributed by atoms with Crippen molar-refractivity contribution in [3.8, 4) is 0 Å². The third-order valence-corrected chi connectivity index (χ3v) is 3.82. The zero-order valence-corrected chi connectivity index (χ0v) is 12.8. The van der Waals surface area contributed by atoms with Gasteiger partial charge in [0.1, 0.15) is 0 Å². The molecule has 3 nitrogen and oxygen atoms in total. The van der Waals surface area contributed by atoms with Crippen LogP contribution in [0.3, 0.4) is 0 Å². The predicted molar refractivity (Wildman–Crippen MR) is 78.4 cm³/mol. The van der Waals surface area contributed by atoms with E-state index in [2.05, 4.69) is 11.8 Å². The van der Waals surface area contributed by atoms with E-state index in [4.69, 9.17) is 16.3 Å². The molecule has 0 fully saturated rings. The molecule has 0 N–H and O–H groups in total. The monoisotopic (exact) mass is 283 g/mol. The maximum Gasteiger partial charge on any atom is 0.308 e. The summed E-state index contributed by atoms with van der Waals surface area (Å²) in [7, 11) is 3.97.